The highest BCUT2D eigenvalue weighted by Crippen LogP contribution is 2.11. The Labute approximate surface area is 113 Å². The molecule has 1 aromatic rings. The Kier molecular flexibility index (Phi) is 5.85. The Bertz CT molecular complexity index is 444. The molecule has 0 radical (unpaired) electrons. The van der Waals surface area contributed by atoms with Gasteiger partial charge in [0.25, 0.3) is 5.91 Å². The van der Waals surface area contributed by atoms with Gasteiger partial charge >= 0.3 is 0 Å². The zero-order chi connectivity index (χ0) is 14.3. The van der Waals surface area contributed by atoms with Gasteiger partial charge in [-0.15, -0.1) is 0 Å². The van der Waals surface area contributed by atoms with E-state index in [1.54, 1.807) is 6.07 Å². The van der Waals surface area contributed by atoms with E-state index in [-0.39, 0.29) is 31.0 Å². The second kappa shape index (κ2) is 7.41. The van der Waals surface area contributed by atoms with Gasteiger partial charge in [0, 0.05) is 6.04 Å². The van der Waals surface area contributed by atoms with E-state index in [4.69, 9.17) is 4.74 Å². The Hall–Kier alpha value is -2.04. The molecule has 0 aromatic heterocycles. The number of rotatable bonds is 6. The maximum atomic E-state index is 11.5. The molecule has 1 aromatic carbocycles. The highest BCUT2D eigenvalue weighted by atomic mass is 16.5. The molecule has 5 nitrogen and oxygen atoms in total. The number of hydrogen-bond acceptors (Lipinski definition) is 3. The average Bonchev–Trinajstić information content (AvgIpc) is 2.33. The molecule has 2 N–H and O–H groups in total. The van der Waals surface area contributed by atoms with E-state index in [9.17, 15) is 9.59 Å². The van der Waals surface area contributed by atoms with Crippen molar-refractivity contribution in [1.29, 1.82) is 0 Å². The normalized spacial score (nSPS) is 10.1. The van der Waals surface area contributed by atoms with Gasteiger partial charge < -0.3 is 15.4 Å². The Morgan fingerprint density at radius 1 is 1.26 bits per heavy atom. The molecule has 2 amide bonds. The first-order valence-electron chi connectivity index (χ1n) is 6.23. The third-order valence-electron chi connectivity index (χ3n) is 2.26. The Morgan fingerprint density at radius 2 is 2.00 bits per heavy atom. The van der Waals surface area contributed by atoms with Crippen molar-refractivity contribution < 1.29 is 14.3 Å². The fourth-order valence-electron chi connectivity index (χ4n) is 1.46. The van der Waals surface area contributed by atoms with Crippen molar-refractivity contribution >= 4 is 11.8 Å². The average molecular weight is 264 g/mol. The lowest BCUT2D eigenvalue weighted by Gasteiger charge is -2.10. The molecule has 0 aliphatic rings. The van der Waals surface area contributed by atoms with Crippen LogP contribution in [0.15, 0.2) is 24.3 Å². The number of amides is 2. The molecule has 0 saturated heterocycles. The molecule has 0 atom stereocenters. The zero-order valence-corrected chi connectivity index (χ0v) is 11.5. The van der Waals surface area contributed by atoms with Gasteiger partial charge in [0.15, 0.2) is 6.61 Å². The van der Waals surface area contributed by atoms with E-state index in [2.05, 4.69) is 10.6 Å². The molecule has 5 heteroatoms. The summed E-state index contributed by atoms with van der Waals surface area (Å²) in [6, 6.07) is 7.50. The molecular weight excluding hydrogens is 244 g/mol. The van der Waals surface area contributed by atoms with Crippen molar-refractivity contribution in [3.63, 3.8) is 0 Å². The topological polar surface area (TPSA) is 67.4 Å². The van der Waals surface area contributed by atoms with Crippen LogP contribution >= 0.6 is 0 Å². The first-order valence-corrected chi connectivity index (χ1v) is 6.23. The molecule has 0 unspecified atom stereocenters. The third-order valence-corrected chi connectivity index (χ3v) is 2.26. The van der Waals surface area contributed by atoms with Gasteiger partial charge in [0.05, 0.1) is 6.54 Å². The first kappa shape index (κ1) is 15.0. The third kappa shape index (κ3) is 6.45. The lowest BCUT2D eigenvalue weighted by molar-refractivity contribution is -0.127. The molecule has 0 fully saturated rings. The van der Waals surface area contributed by atoms with Gasteiger partial charge in [0.2, 0.25) is 5.91 Å². The number of aryl methyl sites for hydroxylation is 1. The zero-order valence-electron chi connectivity index (χ0n) is 11.5. The van der Waals surface area contributed by atoms with Crippen LogP contribution in [0.5, 0.6) is 5.75 Å². The van der Waals surface area contributed by atoms with Crippen LogP contribution in [0.1, 0.15) is 19.4 Å². The van der Waals surface area contributed by atoms with E-state index in [0.717, 1.165) is 5.56 Å². The summed E-state index contributed by atoms with van der Waals surface area (Å²) < 4.78 is 5.32. The molecule has 0 aliphatic heterocycles. The summed E-state index contributed by atoms with van der Waals surface area (Å²) >= 11 is 0. The summed E-state index contributed by atoms with van der Waals surface area (Å²) in [4.78, 5) is 22.8. The predicted octanol–water partition coefficient (Wildman–Crippen LogP) is 1.01. The SMILES string of the molecule is Cc1cccc(OCC(=O)NCC(=O)NC(C)C)c1. The smallest absolute Gasteiger partial charge is 0.258 e. The molecule has 104 valence electrons. The maximum absolute atomic E-state index is 11.5. The van der Waals surface area contributed by atoms with Crippen LogP contribution in [-0.2, 0) is 9.59 Å². The molecule has 0 aliphatic carbocycles. The molecule has 0 saturated carbocycles. The summed E-state index contributed by atoms with van der Waals surface area (Å²) in [5.74, 6) is 0.112. The van der Waals surface area contributed by atoms with Crippen LogP contribution in [0, 0.1) is 6.92 Å². The number of ether oxygens (including phenoxy) is 1. The van der Waals surface area contributed by atoms with E-state index >= 15 is 0 Å². The first-order chi connectivity index (χ1) is 8.97. The number of nitrogens with one attached hydrogen (secondary N) is 2. The molecule has 0 spiro atoms. The fraction of sp³-hybridized carbons (Fsp3) is 0.429. The number of benzene rings is 1. The molecule has 1 rings (SSSR count). The van der Waals surface area contributed by atoms with Crippen molar-refractivity contribution in [2.24, 2.45) is 0 Å². The van der Waals surface area contributed by atoms with Crippen molar-refractivity contribution in [2.75, 3.05) is 13.2 Å². The van der Waals surface area contributed by atoms with Gasteiger partial charge in [-0.05, 0) is 38.5 Å². The standard InChI is InChI=1S/C14H20N2O3/c1-10(2)16-13(17)8-15-14(18)9-19-12-6-4-5-11(3)7-12/h4-7,10H,8-9H2,1-3H3,(H,15,18)(H,16,17). The summed E-state index contributed by atoms with van der Waals surface area (Å²) in [6.45, 7) is 5.54. The molecular formula is C14H20N2O3. The highest BCUT2D eigenvalue weighted by molar-refractivity contribution is 5.85. The summed E-state index contributed by atoms with van der Waals surface area (Å²) in [7, 11) is 0. The second-order valence-electron chi connectivity index (χ2n) is 4.60. The Morgan fingerprint density at radius 3 is 2.63 bits per heavy atom. The molecule has 19 heavy (non-hydrogen) atoms. The van der Waals surface area contributed by atoms with Crippen LogP contribution in [0.25, 0.3) is 0 Å². The largest absolute Gasteiger partial charge is 0.484 e. The van der Waals surface area contributed by atoms with Gasteiger partial charge in [-0.2, -0.15) is 0 Å². The van der Waals surface area contributed by atoms with Crippen molar-refractivity contribution in [3.05, 3.63) is 29.8 Å². The minimum atomic E-state index is -0.319. The fourth-order valence-corrected chi connectivity index (χ4v) is 1.46. The van der Waals surface area contributed by atoms with Gasteiger partial charge in [-0.25, -0.2) is 0 Å². The van der Waals surface area contributed by atoms with Crippen LogP contribution in [0.4, 0.5) is 0 Å². The maximum Gasteiger partial charge on any atom is 0.258 e. The minimum absolute atomic E-state index is 0.0335. The minimum Gasteiger partial charge on any atom is -0.484 e. The van der Waals surface area contributed by atoms with E-state index in [1.807, 2.05) is 39.0 Å². The van der Waals surface area contributed by atoms with E-state index < -0.39 is 0 Å². The summed E-state index contributed by atoms with van der Waals surface area (Å²) in [6.07, 6.45) is 0. The van der Waals surface area contributed by atoms with Crippen LogP contribution in [0.3, 0.4) is 0 Å². The van der Waals surface area contributed by atoms with Crippen molar-refractivity contribution in [2.45, 2.75) is 26.8 Å². The molecule has 0 heterocycles. The van der Waals surface area contributed by atoms with Gasteiger partial charge in [0.1, 0.15) is 5.75 Å². The monoisotopic (exact) mass is 264 g/mol. The number of hydrogen-bond donors (Lipinski definition) is 2. The van der Waals surface area contributed by atoms with Gasteiger partial charge in [-0.1, -0.05) is 12.1 Å². The quantitative estimate of drug-likeness (QED) is 0.806. The van der Waals surface area contributed by atoms with Crippen molar-refractivity contribution in [3.8, 4) is 5.75 Å². The lowest BCUT2D eigenvalue weighted by atomic mass is 10.2. The second-order valence-corrected chi connectivity index (χ2v) is 4.60. The Balaban J connectivity index is 2.26. The van der Waals surface area contributed by atoms with Gasteiger partial charge in [-0.3, -0.25) is 9.59 Å². The summed E-state index contributed by atoms with van der Waals surface area (Å²) in [5, 5.41) is 5.18. The number of carbonyl (C=O) groups excluding carboxylic acids is 2. The van der Waals surface area contributed by atoms with Crippen LogP contribution in [0.2, 0.25) is 0 Å². The highest BCUT2D eigenvalue weighted by Gasteiger charge is 2.07. The number of carbonyl (C=O) groups is 2. The van der Waals surface area contributed by atoms with Crippen LogP contribution in [-0.4, -0.2) is 31.0 Å². The predicted molar refractivity (Wildman–Crippen MR) is 73.0 cm³/mol. The van der Waals surface area contributed by atoms with Crippen LogP contribution < -0.4 is 15.4 Å². The molecule has 0 bridgehead atoms. The van der Waals surface area contributed by atoms with E-state index in [0.29, 0.717) is 5.75 Å². The summed E-state index contributed by atoms with van der Waals surface area (Å²) in [5.41, 5.74) is 1.06. The van der Waals surface area contributed by atoms with Crippen molar-refractivity contribution in [1.82, 2.24) is 10.6 Å². The lowest BCUT2D eigenvalue weighted by Crippen LogP contribution is -2.41. The van der Waals surface area contributed by atoms with E-state index in [1.165, 1.54) is 0 Å².